The fraction of sp³-hybridized carbons (Fsp3) is 0.231. The predicted molar refractivity (Wildman–Crippen MR) is 77.0 cm³/mol. The first-order valence-corrected chi connectivity index (χ1v) is 6.70. The number of rotatable bonds is 6. The lowest BCUT2D eigenvalue weighted by Crippen LogP contribution is -2.38. The summed E-state index contributed by atoms with van der Waals surface area (Å²) >= 11 is 12.1. The van der Waals surface area contributed by atoms with Crippen LogP contribution < -0.4 is 5.32 Å². The van der Waals surface area contributed by atoms with Gasteiger partial charge in [0.25, 0.3) is 0 Å². The molecule has 0 fully saturated rings. The van der Waals surface area contributed by atoms with E-state index >= 15 is 0 Å². The van der Waals surface area contributed by atoms with Gasteiger partial charge in [-0.2, -0.15) is 0 Å². The van der Waals surface area contributed by atoms with Crippen LogP contribution in [0.4, 0.5) is 0 Å². The number of H-pyrrole nitrogens is 1. The topological polar surface area (TPSA) is 78.0 Å². The number of benzene rings is 1. The van der Waals surface area contributed by atoms with E-state index in [1.165, 1.54) is 6.33 Å². The fourth-order valence-corrected chi connectivity index (χ4v) is 2.32. The van der Waals surface area contributed by atoms with E-state index in [1.54, 1.807) is 24.4 Å². The Balaban J connectivity index is 2.04. The highest BCUT2D eigenvalue weighted by Gasteiger charge is 2.19. The normalized spacial score (nSPS) is 12.3. The number of hydrogen-bond donors (Lipinski definition) is 3. The second-order valence-corrected chi connectivity index (χ2v) is 5.05. The Labute approximate surface area is 125 Å². The van der Waals surface area contributed by atoms with Crippen LogP contribution in [0, 0.1) is 0 Å². The third-order valence-electron chi connectivity index (χ3n) is 2.85. The van der Waals surface area contributed by atoms with E-state index in [-0.39, 0.29) is 13.0 Å². The lowest BCUT2D eigenvalue weighted by molar-refractivity contribution is -0.139. The number of aliphatic carboxylic acids is 1. The maximum atomic E-state index is 11.3. The summed E-state index contributed by atoms with van der Waals surface area (Å²) in [6.45, 7) is 0.278. The molecule has 1 aromatic heterocycles. The van der Waals surface area contributed by atoms with Crippen molar-refractivity contribution in [1.82, 2.24) is 15.3 Å². The smallest absolute Gasteiger partial charge is 0.321 e. The Morgan fingerprint density at radius 1 is 1.40 bits per heavy atom. The van der Waals surface area contributed by atoms with Gasteiger partial charge in [-0.05, 0) is 12.1 Å². The summed E-state index contributed by atoms with van der Waals surface area (Å²) in [6, 6.07) is 4.42. The van der Waals surface area contributed by atoms with E-state index in [9.17, 15) is 9.90 Å². The molecule has 0 spiro atoms. The highest BCUT2D eigenvalue weighted by molar-refractivity contribution is 6.35. The van der Waals surface area contributed by atoms with Crippen LogP contribution in [0.3, 0.4) is 0 Å². The molecule has 0 aliphatic rings. The molecule has 0 saturated carbocycles. The zero-order valence-electron chi connectivity index (χ0n) is 10.4. The van der Waals surface area contributed by atoms with E-state index in [4.69, 9.17) is 23.2 Å². The van der Waals surface area contributed by atoms with Crippen molar-refractivity contribution in [1.29, 1.82) is 0 Å². The van der Waals surface area contributed by atoms with Crippen LogP contribution in [0.2, 0.25) is 10.0 Å². The first kappa shape index (κ1) is 14.8. The monoisotopic (exact) mass is 313 g/mol. The summed E-state index contributed by atoms with van der Waals surface area (Å²) in [6.07, 6.45) is 3.46. The number of aromatic amines is 1. The Hall–Kier alpha value is -1.56. The van der Waals surface area contributed by atoms with Crippen LogP contribution in [0.5, 0.6) is 0 Å². The summed E-state index contributed by atoms with van der Waals surface area (Å²) in [5.74, 6) is -0.948. The molecule has 7 heteroatoms. The average Bonchev–Trinajstić information content (AvgIpc) is 2.89. The first-order valence-electron chi connectivity index (χ1n) is 5.94. The number of hydrogen-bond acceptors (Lipinski definition) is 3. The van der Waals surface area contributed by atoms with Crippen molar-refractivity contribution in [3.05, 3.63) is 52.0 Å². The van der Waals surface area contributed by atoms with Gasteiger partial charge in [-0.1, -0.05) is 29.3 Å². The molecule has 5 nitrogen and oxygen atoms in total. The number of carboxylic acids is 1. The zero-order valence-corrected chi connectivity index (χ0v) is 11.9. The lowest BCUT2D eigenvalue weighted by Gasteiger charge is -2.14. The van der Waals surface area contributed by atoms with Gasteiger partial charge in [-0.25, -0.2) is 4.98 Å². The Morgan fingerprint density at radius 2 is 2.10 bits per heavy atom. The van der Waals surface area contributed by atoms with Gasteiger partial charge in [0.05, 0.1) is 12.0 Å². The van der Waals surface area contributed by atoms with Crippen molar-refractivity contribution in [2.45, 2.75) is 19.0 Å². The molecular weight excluding hydrogens is 301 g/mol. The number of carboxylic acid groups (broad SMARTS) is 1. The van der Waals surface area contributed by atoms with Gasteiger partial charge in [0, 0.05) is 34.8 Å². The highest BCUT2D eigenvalue weighted by atomic mass is 35.5. The van der Waals surface area contributed by atoms with Gasteiger partial charge in [-0.15, -0.1) is 0 Å². The van der Waals surface area contributed by atoms with Crippen molar-refractivity contribution in [3.63, 3.8) is 0 Å². The fourth-order valence-electron chi connectivity index (χ4n) is 1.78. The molecule has 2 rings (SSSR count). The summed E-state index contributed by atoms with van der Waals surface area (Å²) in [5, 5.41) is 13.2. The number of nitrogens with zero attached hydrogens (tertiary/aromatic N) is 1. The molecule has 1 heterocycles. The van der Waals surface area contributed by atoms with Crippen molar-refractivity contribution < 1.29 is 9.90 Å². The van der Waals surface area contributed by atoms with Crippen LogP contribution in [0.25, 0.3) is 0 Å². The van der Waals surface area contributed by atoms with Gasteiger partial charge in [0.2, 0.25) is 0 Å². The molecule has 1 atom stereocenters. The molecule has 0 saturated heterocycles. The van der Waals surface area contributed by atoms with Crippen molar-refractivity contribution >= 4 is 29.2 Å². The van der Waals surface area contributed by atoms with Gasteiger partial charge in [-0.3, -0.25) is 10.1 Å². The number of halogens is 2. The molecule has 20 heavy (non-hydrogen) atoms. The number of imidazole rings is 1. The molecular formula is C13H13Cl2N3O2. The van der Waals surface area contributed by atoms with E-state index < -0.39 is 12.0 Å². The predicted octanol–water partition coefficient (Wildman–Crippen LogP) is 2.50. The van der Waals surface area contributed by atoms with Crippen molar-refractivity contribution in [3.8, 4) is 0 Å². The molecule has 1 aromatic carbocycles. The maximum absolute atomic E-state index is 11.3. The van der Waals surface area contributed by atoms with Gasteiger partial charge < -0.3 is 10.1 Å². The summed E-state index contributed by atoms with van der Waals surface area (Å²) < 4.78 is 0. The second kappa shape index (κ2) is 6.74. The summed E-state index contributed by atoms with van der Waals surface area (Å²) in [7, 11) is 0. The molecule has 0 radical (unpaired) electrons. The van der Waals surface area contributed by atoms with Crippen molar-refractivity contribution in [2.24, 2.45) is 0 Å². The quantitative estimate of drug-likeness (QED) is 0.765. The third-order valence-corrected chi connectivity index (χ3v) is 3.56. The zero-order chi connectivity index (χ0) is 14.5. The van der Waals surface area contributed by atoms with Crippen LogP contribution in [-0.2, 0) is 17.8 Å². The van der Waals surface area contributed by atoms with Crippen LogP contribution in [0.1, 0.15) is 11.3 Å². The van der Waals surface area contributed by atoms with E-state index in [2.05, 4.69) is 15.3 Å². The van der Waals surface area contributed by atoms with E-state index in [1.807, 2.05) is 0 Å². The van der Waals surface area contributed by atoms with Crippen LogP contribution >= 0.6 is 23.2 Å². The molecule has 106 valence electrons. The number of nitrogens with one attached hydrogen (secondary N) is 2. The van der Waals surface area contributed by atoms with Gasteiger partial charge >= 0.3 is 5.97 Å². The largest absolute Gasteiger partial charge is 0.480 e. The lowest BCUT2D eigenvalue weighted by atomic mass is 10.1. The number of carbonyl (C=O) groups is 1. The van der Waals surface area contributed by atoms with Gasteiger partial charge in [0.15, 0.2) is 0 Å². The standard InChI is InChI=1S/C13H13Cl2N3O2/c14-10-2-1-3-11(15)9(10)6-17-12(13(19)20)4-8-5-16-7-18-8/h1-3,5,7,12,17H,4,6H2,(H,16,18)(H,19,20)/t12-/m0/s1. The Kier molecular flexibility index (Phi) is 5.00. The molecule has 0 amide bonds. The minimum atomic E-state index is -0.948. The minimum absolute atomic E-state index is 0.278. The Morgan fingerprint density at radius 3 is 2.65 bits per heavy atom. The second-order valence-electron chi connectivity index (χ2n) is 4.24. The van der Waals surface area contributed by atoms with Crippen LogP contribution in [-0.4, -0.2) is 27.1 Å². The molecule has 3 N–H and O–H groups in total. The van der Waals surface area contributed by atoms with E-state index in [0.29, 0.717) is 21.3 Å². The van der Waals surface area contributed by atoms with Gasteiger partial charge in [0.1, 0.15) is 6.04 Å². The third kappa shape index (κ3) is 3.72. The first-order chi connectivity index (χ1) is 9.58. The molecule has 0 aliphatic carbocycles. The average molecular weight is 314 g/mol. The molecule has 2 aromatic rings. The van der Waals surface area contributed by atoms with Crippen LogP contribution in [0.15, 0.2) is 30.7 Å². The SMILES string of the molecule is O=C(O)[C@H](Cc1c[nH]cn1)NCc1c(Cl)cccc1Cl. The summed E-state index contributed by atoms with van der Waals surface area (Å²) in [5.41, 5.74) is 1.36. The molecule has 0 unspecified atom stereocenters. The molecule has 0 aliphatic heterocycles. The number of aromatic nitrogens is 2. The molecule has 0 bridgehead atoms. The Bertz CT molecular complexity index is 567. The van der Waals surface area contributed by atoms with Crippen molar-refractivity contribution in [2.75, 3.05) is 0 Å². The summed E-state index contributed by atoms with van der Waals surface area (Å²) in [4.78, 5) is 18.1. The minimum Gasteiger partial charge on any atom is -0.480 e. The maximum Gasteiger partial charge on any atom is 0.321 e. The van der Waals surface area contributed by atoms with E-state index in [0.717, 1.165) is 0 Å². The highest BCUT2D eigenvalue weighted by Crippen LogP contribution is 2.24.